The summed E-state index contributed by atoms with van der Waals surface area (Å²) in [5, 5.41) is 11.5. The van der Waals surface area contributed by atoms with E-state index in [-0.39, 0.29) is 5.91 Å². The van der Waals surface area contributed by atoms with Gasteiger partial charge in [-0.2, -0.15) is 0 Å². The van der Waals surface area contributed by atoms with E-state index in [1.165, 1.54) is 22.2 Å². The zero-order valence-electron chi connectivity index (χ0n) is 15.5. The summed E-state index contributed by atoms with van der Waals surface area (Å²) in [6.45, 7) is 8.66. The molecule has 0 atom stereocenters. The Morgan fingerprint density at radius 1 is 1.38 bits per heavy atom. The zero-order chi connectivity index (χ0) is 18.5. The van der Waals surface area contributed by atoms with Crippen LogP contribution in [0.4, 0.5) is 5.95 Å². The van der Waals surface area contributed by atoms with Gasteiger partial charge in [0.05, 0.1) is 25.5 Å². The summed E-state index contributed by atoms with van der Waals surface area (Å²) in [4.78, 5) is 17.7. The van der Waals surface area contributed by atoms with E-state index in [1.54, 1.807) is 16.2 Å². The molecule has 0 aromatic carbocycles. The predicted molar refractivity (Wildman–Crippen MR) is 105 cm³/mol. The van der Waals surface area contributed by atoms with Crippen LogP contribution >= 0.6 is 23.1 Å². The fraction of sp³-hybridized carbons (Fsp3) is 0.588. The van der Waals surface area contributed by atoms with Crippen molar-refractivity contribution in [1.82, 2.24) is 19.7 Å². The van der Waals surface area contributed by atoms with Crippen LogP contribution in [0.3, 0.4) is 0 Å². The minimum atomic E-state index is 0.0985. The van der Waals surface area contributed by atoms with E-state index in [0.29, 0.717) is 25.5 Å². The molecule has 9 heteroatoms. The number of ether oxygens (including phenoxy) is 1. The van der Waals surface area contributed by atoms with Gasteiger partial charge < -0.3 is 14.5 Å². The van der Waals surface area contributed by atoms with Gasteiger partial charge in [0.25, 0.3) is 0 Å². The van der Waals surface area contributed by atoms with E-state index in [2.05, 4.69) is 45.0 Å². The third-order valence-corrected chi connectivity index (χ3v) is 6.37. The number of anilines is 1. The predicted octanol–water partition coefficient (Wildman–Crippen LogP) is 2.26. The van der Waals surface area contributed by atoms with Crippen molar-refractivity contribution in [2.45, 2.75) is 32.1 Å². The standard InChI is InChI=1S/C17H25N5O2S2/c1-4-22-16(21-6-8-24-9-7-21)18-19-17(22)26-12-15(23)20(3)11-14-13(2)5-10-25-14/h5,10H,4,6-9,11-12H2,1-3H3. The molecule has 0 aliphatic carbocycles. The highest BCUT2D eigenvalue weighted by Gasteiger charge is 2.21. The van der Waals surface area contributed by atoms with Crippen molar-refractivity contribution in [3.8, 4) is 0 Å². The number of thiophene rings is 1. The Hall–Kier alpha value is -1.58. The van der Waals surface area contributed by atoms with Crippen molar-refractivity contribution >= 4 is 35.0 Å². The number of thioether (sulfide) groups is 1. The lowest BCUT2D eigenvalue weighted by Gasteiger charge is -2.27. The molecule has 0 saturated carbocycles. The first kappa shape index (κ1) is 19.2. The molecule has 26 heavy (non-hydrogen) atoms. The van der Waals surface area contributed by atoms with Crippen LogP contribution in [0.2, 0.25) is 0 Å². The van der Waals surface area contributed by atoms with E-state index in [9.17, 15) is 4.79 Å². The average molecular weight is 396 g/mol. The molecule has 1 fully saturated rings. The molecule has 1 amide bonds. The number of rotatable bonds is 7. The summed E-state index contributed by atoms with van der Waals surface area (Å²) < 4.78 is 7.48. The Kier molecular flexibility index (Phi) is 6.55. The summed E-state index contributed by atoms with van der Waals surface area (Å²) in [6, 6.07) is 2.09. The third-order valence-electron chi connectivity index (χ3n) is 4.41. The van der Waals surface area contributed by atoms with Crippen molar-refractivity contribution in [1.29, 1.82) is 0 Å². The molecule has 3 heterocycles. The largest absolute Gasteiger partial charge is 0.378 e. The second-order valence-corrected chi connectivity index (χ2v) is 8.13. The van der Waals surface area contributed by atoms with Gasteiger partial charge >= 0.3 is 0 Å². The second-order valence-electron chi connectivity index (χ2n) is 6.19. The molecule has 0 N–H and O–H groups in total. The molecular weight excluding hydrogens is 370 g/mol. The van der Waals surface area contributed by atoms with Gasteiger partial charge in [0.1, 0.15) is 0 Å². The quantitative estimate of drug-likeness (QED) is 0.670. The Labute approximate surface area is 162 Å². The smallest absolute Gasteiger partial charge is 0.233 e. The van der Waals surface area contributed by atoms with Crippen LogP contribution in [0.15, 0.2) is 16.6 Å². The summed E-state index contributed by atoms with van der Waals surface area (Å²) in [6.07, 6.45) is 0. The van der Waals surface area contributed by atoms with Gasteiger partial charge in [0, 0.05) is 31.6 Å². The summed E-state index contributed by atoms with van der Waals surface area (Å²) in [5.41, 5.74) is 1.24. The van der Waals surface area contributed by atoms with Gasteiger partial charge in [-0.1, -0.05) is 11.8 Å². The molecule has 0 bridgehead atoms. The maximum absolute atomic E-state index is 12.5. The van der Waals surface area contributed by atoms with Crippen molar-refractivity contribution in [3.63, 3.8) is 0 Å². The van der Waals surface area contributed by atoms with Crippen molar-refractivity contribution in [3.05, 3.63) is 21.9 Å². The zero-order valence-corrected chi connectivity index (χ0v) is 17.1. The van der Waals surface area contributed by atoms with E-state index >= 15 is 0 Å². The maximum atomic E-state index is 12.5. The molecule has 1 aliphatic heterocycles. The van der Waals surface area contributed by atoms with Crippen molar-refractivity contribution in [2.24, 2.45) is 0 Å². The first-order chi connectivity index (χ1) is 12.6. The van der Waals surface area contributed by atoms with Crippen LogP contribution in [0, 0.1) is 6.92 Å². The van der Waals surface area contributed by atoms with E-state index in [0.717, 1.165) is 30.7 Å². The van der Waals surface area contributed by atoms with Gasteiger partial charge in [-0.15, -0.1) is 21.5 Å². The SMILES string of the molecule is CCn1c(SCC(=O)N(C)Cc2sccc2C)nnc1N1CCOCC1. The maximum Gasteiger partial charge on any atom is 0.233 e. The average Bonchev–Trinajstić information content (AvgIpc) is 3.26. The van der Waals surface area contributed by atoms with Crippen LogP contribution < -0.4 is 4.90 Å². The molecule has 142 valence electrons. The van der Waals surface area contributed by atoms with Crippen molar-refractivity contribution < 1.29 is 9.53 Å². The number of morpholine rings is 1. The topological polar surface area (TPSA) is 63.5 Å². The molecule has 7 nitrogen and oxygen atoms in total. The van der Waals surface area contributed by atoms with E-state index in [1.807, 2.05) is 7.05 Å². The van der Waals surface area contributed by atoms with Gasteiger partial charge in [-0.3, -0.25) is 9.36 Å². The molecule has 2 aromatic heterocycles. The minimum absolute atomic E-state index is 0.0985. The van der Waals surface area contributed by atoms with Crippen LogP contribution in [0.25, 0.3) is 0 Å². The molecule has 1 saturated heterocycles. The summed E-state index contributed by atoms with van der Waals surface area (Å²) >= 11 is 3.15. The normalized spacial score (nSPS) is 14.7. The van der Waals surface area contributed by atoms with E-state index in [4.69, 9.17) is 4.74 Å². The Morgan fingerprint density at radius 2 is 2.15 bits per heavy atom. The molecule has 0 spiro atoms. The fourth-order valence-corrected chi connectivity index (χ4v) is 4.66. The second kappa shape index (κ2) is 8.88. The molecule has 1 aliphatic rings. The highest BCUT2D eigenvalue weighted by atomic mass is 32.2. The van der Waals surface area contributed by atoms with E-state index < -0.39 is 0 Å². The van der Waals surface area contributed by atoms with Crippen LogP contribution in [-0.2, 0) is 22.6 Å². The molecule has 0 unspecified atom stereocenters. The molecule has 0 radical (unpaired) electrons. The van der Waals surface area contributed by atoms with Crippen LogP contribution in [0.5, 0.6) is 0 Å². The molecule has 3 rings (SSSR count). The summed E-state index contributed by atoms with van der Waals surface area (Å²) in [7, 11) is 1.85. The minimum Gasteiger partial charge on any atom is -0.378 e. The van der Waals surface area contributed by atoms with Gasteiger partial charge in [0.2, 0.25) is 11.9 Å². The number of aromatic nitrogens is 3. The van der Waals surface area contributed by atoms with Crippen molar-refractivity contribution in [2.75, 3.05) is 44.0 Å². The first-order valence-corrected chi connectivity index (χ1v) is 10.6. The van der Waals surface area contributed by atoms with Crippen LogP contribution in [0.1, 0.15) is 17.4 Å². The Balaban J connectivity index is 1.59. The molecule has 2 aromatic rings. The third kappa shape index (κ3) is 4.39. The number of amides is 1. The lowest BCUT2D eigenvalue weighted by Crippen LogP contribution is -2.38. The lowest BCUT2D eigenvalue weighted by atomic mass is 10.3. The number of aryl methyl sites for hydroxylation is 1. The molecular formula is C17H25N5O2S2. The first-order valence-electron chi connectivity index (χ1n) is 8.75. The fourth-order valence-electron chi connectivity index (χ4n) is 2.77. The monoisotopic (exact) mass is 395 g/mol. The highest BCUT2D eigenvalue weighted by molar-refractivity contribution is 7.99. The number of nitrogens with zero attached hydrogens (tertiary/aromatic N) is 5. The van der Waals surface area contributed by atoms with Gasteiger partial charge in [-0.05, 0) is 30.9 Å². The lowest BCUT2D eigenvalue weighted by molar-refractivity contribution is -0.127. The highest BCUT2D eigenvalue weighted by Crippen LogP contribution is 2.23. The number of hydrogen-bond acceptors (Lipinski definition) is 7. The Morgan fingerprint density at radius 3 is 2.81 bits per heavy atom. The number of carbonyl (C=O) groups is 1. The Bertz CT molecular complexity index is 739. The van der Waals surface area contributed by atoms with Gasteiger partial charge in [-0.25, -0.2) is 0 Å². The number of hydrogen-bond donors (Lipinski definition) is 0. The number of carbonyl (C=O) groups excluding carboxylic acids is 1. The summed E-state index contributed by atoms with van der Waals surface area (Å²) in [5.74, 6) is 1.33. The van der Waals surface area contributed by atoms with Gasteiger partial charge in [0.15, 0.2) is 5.16 Å². The van der Waals surface area contributed by atoms with Crippen LogP contribution in [-0.4, -0.2) is 64.7 Å².